The van der Waals surface area contributed by atoms with Crippen LogP contribution in [0.1, 0.15) is 20.9 Å². The number of nitrogens with one attached hydrogen (secondary N) is 1. The Morgan fingerprint density at radius 3 is 2.67 bits per heavy atom. The number of aromatic nitrogens is 1. The van der Waals surface area contributed by atoms with E-state index in [1.165, 1.54) is 6.21 Å². The molecule has 110 valence electrons. The van der Waals surface area contributed by atoms with Gasteiger partial charge in [-0.25, -0.2) is 10.4 Å². The highest BCUT2D eigenvalue weighted by Gasteiger charge is 2.13. The van der Waals surface area contributed by atoms with Crippen LogP contribution in [0, 0.1) is 6.92 Å². The number of hydrogen-bond donors (Lipinski definition) is 2. The van der Waals surface area contributed by atoms with Gasteiger partial charge in [-0.15, -0.1) is 0 Å². The fraction of sp³-hybridized carbons (Fsp3) is 0.0833. The third-order valence-electron chi connectivity index (χ3n) is 2.46. The standard InChI is InChI=1S/C12H9Cl3N4OS/c1-5-10(21-12(16)18-5)11(20)19-17-4-6-7(13)2-3-8(14)9(6)15/h2-4H,1H3,(H2,16,18)(H,19,20). The van der Waals surface area contributed by atoms with Crippen LogP contribution < -0.4 is 11.2 Å². The van der Waals surface area contributed by atoms with Gasteiger partial charge in [-0.05, 0) is 19.1 Å². The summed E-state index contributed by atoms with van der Waals surface area (Å²) in [6.45, 7) is 1.69. The number of aryl methyl sites for hydroxylation is 1. The summed E-state index contributed by atoms with van der Waals surface area (Å²) in [5.74, 6) is -0.410. The van der Waals surface area contributed by atoms with E-state index in [9.17, 15) is 4.79 Å². The minimum absolute atomic E-state index is 0.264. The quantitative estimate of drug-likeness (QED) is 0.495. The van der Waals surface area contributed by atoms with Gasteiger partial charge in [-0.3, -0.25) is 4.79 Å². The van der Waals surface area contributed by atoms with Crippen molar-refractivity contribution in [3.05, 3.63) is 43.3 Å². The number of nitrogens with two attached hydrogens (primary N) is 1. The Morgan fingerprint density at radius 2 is 2.05 bits per heavy atom. The molecule has 1 heterocycles. The van der Waals surface area contributed by atoms with Gasteiger partial charge in [-0.1, -0.05) is 46.1 Å². The molecule has 21 heavy (non-hydrogen) atoms. The molecule has 0 spiro atoms. The Kier molecular flexibility index (Phi) is 5.05. The summed E-state index contributed by atoms with van der Waals surface area (Å²) in [5.41, 5.74) is 8.86. The topological polar surface area (TPSA) is 80.4 Å². The minimum Gasteiger partial charge on any atom is -0.375 e. The number of carbonyl (C=O) groups excluding carboxylic acids is 1. The van der Waals surface area contributed by atoms with Crippen molar-refractivity contribution < 1.29 is 4.79 Å². The van der Waals surface area contributed by atoms with Crippen LogP contribution in [-0.4, -0.2) is 17.1 Å². The summed E-state index contributed by atoms with van der Waals surface area (Å²) >= 11 is 19.0. The molecule has 0 bridgehead atoms. The lowest BCUT2D eigenvalue weighted by Gasteiger charge is -2.03. The number of thiazole rings is 1. The molecule has 0 fully saturated rings. The van der Waals surface area contributed by atoms with Crippen molar-refractivity contribution in [1.29, 1.82) is 0 Å². The first kappa shape index (κ1) is 16.0. The Morgan fingerprint density at radius 1 is 1.38 bits per heavy atom. The predicted molar refractivity (Wildman–Crippen MR) is 87.8 cm³/mol. The number of nitrogen functional groups attached to an aromatic ring is 1. The maximum Gasteiger partial charge on any atom is 0.283 e. The molecule has 0 unspecified atom stereocenters. The molecule has 3 N–H and O–H groups in total. The van der Waals surface area contributed by atoms with Crippen LogP contribution in [0.3, 0.4) is 0 Å². The highest BCUT2D eigenvalue weighted by molar-refractivity contribution is 7.17. The number of hydrazone groups is 1. The molecule has 0 saturated heterocycles. The van der Waals surface area contributed by atoms with Gasteiger partial charge in [0.25, 0.3) is 5.91 Å². The molecule has 0 aliphatic heterocycles. The molecule has 0 aliphatic rings. The lowest BCUT2D eigenvalue weighted by atomic mass is 10.2. The number of nitrogens with zero attached hydrogens (tertiary/aromatic N) is 2. The summed E-state index contributed by atoms with van der Waals surface area (Å²) in [6, 6.07) is 3.17. The van der Waals surface area contributed by atoms with Crippen LogP contribution in [0.5, 0.6) is 0 Å². The third-order valence-corrected chi connectivity index (χ3v) is 4.59. The van der Waals surface area contributed by atoms with E-state index in [0.29, 0.717) is 31.3 Å². The van der Waals surface area contributed by atoms with E-state index in [1.807, 2.05) is 0 Å². The summed E-state index contributed by atoms with van der Waals surface area (Å²) in [4.78, 5) is 16.3. The van der Waals surface area contributed by atoms with Crippen LogP contribution in [0.15, 0.2) is 17.2 Å². The van der Waals surface area contributed by atoms with Crippen LogP contribution in [0.25, 0.3) is 0 Å². The van der Waals surface area contributed by atoms with E-state index < -0.39 is 5.91 Å². The molecule has 1 amide bonds. The van der Waals surface area contributed by atoms with Crippen molar-refractivity contribution >= 4 is 63.4 Å². The maximum atomic E-state index is 11.9. The van der Waals surface area contributed by atoms with E-state index in [2.05, 4.69) is 15.5 Å². The van der Waals surface area contributed by atoms with E-state index >= 15 is 0 Å². The first-order valence-corrected chi connectivity index (χ1v) is 7.55. The molecule has 2 rings (SSSR count). The minimum atomic E-state index is -0.410. The summed E-state index contributed by atoms with van der Waals surface area (Å²) in [6.07, 6.45) is 1.33. The average molecular weight is 364 g/mol. The Bertz CT molecular complexity index is 730. The average Bonchev–Trinajstić information content (AvgIpc) is 2.77. The molecule has 0 radical (unpaired) electrons. The number of benzene rings is 1. The first-order chi connectivity index (χ1) is 9.90. The van der Waals surface area contributed by atoms with Crippen molar-refractivity contribution in [2.75, 3.05) is 5.73 Å². The van der Waals surface area contributed by atoms with Gasteiger partial charge in [0.2, 0.25) is 0 Å². The molecule has 0 aliphatic carbocycles. The van der Waals surface area contributed by atoms with E-state index in [4.69, 9.17) is 40.5 Å². The Hall–Kier alpha value is -1.34. The lowest BCUT2D eigenvalue weighted by molar-refractivity contribution is 0.0958. The van der Waals surface area contributed by atoms with Crippen LogP contribution in [0.4, 0.5) is 5.13 Å². The van der Waals surface area contributed by atoms with Gasteiger partial charge in [-0.2, -0.15) is 5.10 Å². The normalized spacial score (nSPS) is 11.0. The van der Waals surface area contributed by atoms with Crippen molar-refractivity contribution in [3.63, 3.8) is 0 Å². The highest BCUT2D eigenvalue weighted by Crippen LogP contribution is 2.30. The number of rotatable bonds is 3. The van der Waals surface area contributed by atoms with Crippen molar-refractivity contribution in [1.82, 2.24) is 10.4 Å². The monoisotopic (exact) mass is 362 g/mol. The molecular formula is C12H9Cl3N4OS. The summed E-state index contributed by atoms with van der Waals surface area (Å²) in [7, 11) is 0. The number of amides is 1. The zero-order valence-corrected chi connectivity index (χ0v) is 13.7. The molecule has 5 nitrogen and oxygen atoms in total. The molecule has 0 saturated carbocycles. The van der Waals surface area contributed by atoms with Gasteiger partial charge in [0.1, 0.15) is 4.88 Å². The molecule has 1 aromatic carbocycles. The van der Waals surface area contributed by atoms with E-state index in [0.717, 1.165) is 11.3 Å². The van der Waals surface area contributed by atoms with Crippen LogP contribution >= 0.6 is 46.1 Å². The largest absolute Gasteiger partial charge is 0.375 e. The van der Waals surface area contributed by atoms with Gasteiger partial charge in [0.15, 0.2) is 5.13 Å². The summed E-state index contributed by atoms with van der Waals surface area (Å²) < 4.78 is 0. The zero-order valence-electron chi connectivity index (χ0n) is 10.7. The first-order valence-electron chi connectivity index (χ1n) is 5.60. The number of halogens is 3. The number of anilines is 1. The maximum absolute atomic E-state index is 11.9. The van der Waals surface area contributed by atoms with Gasteiger partial charge >= 0.3 is 0 Å². The molecule has 9 heteroatoms. The Labute approximate surface area is 139 Å². The van der Waals surface area contributed by atoms with Crippen molar-refractivity contribution in [2.24, 2.45) is 5.10 Å². The SMILES string of the molecule is Cc1nc(N)sc1C(=O)NN=Cc1c(Cl)ccc(Cl)c1Cl. The van der Waals surface area contributed by atoms with Gasteiger partial charge in [0.05, 0.1) is 27.0 Å². The predicted octanol–water partition coefficient (Wildman–Crippen LogP) is 3.76. The summed E-state index contributed by atoms with van der Waals surface area (Å²) in [5, 5.41) is 5.13. The molecule has 1 aromatic heterocycles. The second-order valence-corrected chi connectivity index (χ2v) is 6.15. The molecular weight excluding hydrogens is 355 g/mol. The lowest BCUT2D eigenvalue weighted by Crippen LogP contribution is -2.17. The van der Waals surface area contributed by atoms with E-state index in [1.54, 1.807) is 19.1 Å². The highest BCUT2D eigenvalue weighted by atomic mass is 35.5. The fourth-order valence-electron chi connectivity index (χ4n) is 1.50. The van der Waals surface area contributed by atoms with Crippen LogP contribution in [-0.2, 0) is 0 Å². The van der Waals surface area contributed by atoms with Crippen molar-refractivity contribution in [2.45, 2.75) is 6.92 Å². The van der Waals surface area contributed by atoms with Gasteiger partial charge < -0.3 is 5.73 Å². The van der Waals surface area contributed by atoms with Crippen LogP contribution in [0.2, 0.25) is 15.1 Å². The Balaban J connectivity index is 2.15. The second kappa shape index (κ2) is 6.62. The molecule has 2 aromatic rings. The fourth-order valence-corrected chi connectivity index (χ4v) is 2.85. The number of carbonyl (C=O) groups is 1. The smallest absolute Gasteiger partial charge is 0.283 e. The third kappa shape index (κ3) is 3.65. The van der Waals surface area contributed by atoms with Gasteiger partial charge in [0, 0.05) is 5.56 Å². The second-order valence-electron chi connectivity index (χ2n) is 3.92. The molecule has 0 atom stereocenters. The van der Waals surface area contributed by atoms with E-state index in [-0.39, 0.29) is 5.02 Å². The number of hydrogen-bond acceptors (Lipinski definition) is 5. The van der Waals surface area contributed by atoms with Crippen molar-refractivity contribution in [3.8, 4) is 0 Å². The zero-order chi connectivity index (χ0) is 15.6.